The van der Waals surface area contributed by atoms with Gasteiger partial charge in [-0.3, -0.25) is 9.69 Å². The van der Waals surface area contributed by atoms with Crippen molar-refractivity contribution in [2.24, 2.45) is 0 Å². The van der Waals surface area contributed by atoms with Crippen molar-refractivity contribution in [3.05, 3.63) is 11.8 Å². The summed E-state index contributed by atoms with van der Waals surface area (Å²) in [7, 11) is 0. The zero-order chi connectivity index (χ0) is 12.8. The van der Waals surface area contributed by atoms with E-state index < -0.39 is 17.9 Å². The van der Waals surface area contributed by atoms with E-state index in [0.717, 1.165) is 23.8 Å². The number of amides is 3. The van der Waals surface area contributed by atoms with Crippen LogP contribution in [-0.4, -0.2) is 36.0 Å². The molecule has 1 heterocycles. The molecule has 6 heteroatoms. The van der Waals surface area contributed by atoms with Crippen molar-refractivity contribution in [1.82, 2.24) is 10.2 Å². The summed E-state index contributed by atoms with van der Waals surface area (Å²) in [6.45, 7) is 4.22. The van der Waals surface area contributed by atoms with Gasteiger partial charge in [0.05, 0.1) is 12.7 Å². The number of imide groups is 1. The highest BCUT2D eigenvalue weighted by Gasteiger charge is 2.33. The molecule has 94 valence electrons. The van der Waals surface area contributed by atoms with Crippen molar-refractivity contribution in [3.8, 4) is 0 Å². The molecule has 0 radical (unpaired) electrons. The Morgan fingerprint density at radius 3 is 2.71 bits per heavy atom. The summed E-state index contributed by atoms with van der Waals surface area (Å²) in [5, 5.41) is 2.35. The Kier molecular flexibility index (Phi) is 4.68. The zero-order valence-corrected chi connectivity index (χ0v) is 9.99. The van der Waals surface area contributed by atoms with Crippen molar-refractivity contribution < 1.29 is 19.1 Å². The minimum absolute atomic E-state index is 0.0236. The van der Waals surface area contributed by atoms with Crippen molar-refractivity contribution >= 4 is 17.9 Å². The third-order valence-corrected chi connectivity index (χ3v) is 2.25. The zero-order valence-electron chi connectivity index (χ0n) is 9.99. The molecule has 1 N–H and O–H groups in total. The Labute approximate surface area is 99.6 Å². The second-order valence-corrected chi connectivity index (χ2v) is 3.55. The van der Waals surface area contributed by atoms with E-state index >= 15 is 0 Å². The molecule has 0 unspecified atom stereocenters. The van der Waals surface area contributed by atoms with Gasteiger partial charge >= 0.3 is 12.0 Å². The molecule has 1 aliphatic heterocycles. The first-order valence-corrected chi connectivity index (χ1v) is 5.61. The highest BCUT2D eigenvalue weighted by Crippen LogP contribution is 2.10. The maximum Gasteiger partial charge on any atom is 0.333 e. The highest BCUT2D eigenvalue weighted by atomic mass is 16.5. The van der Waals surface area contributed by atoms with E-state index in [4.69, 9.17) is 0 Å². The lowest BCUT2D eigenvalue weighted by Gasteiger charge is -2.09. The predicted molar refractivity (Wildman–Crippen MR) is 59.9 cm³/mol. The van der Waals surface area contributed by atoms with Gasteiger partial charge < -0.3 is 10.1 Å². The van der Waals surface area contributed by atoms with Crippen LogP contribution in [-0.2, 0) is 14.3 Å². The molecule has 0 bridgehead atoms. The Bertz CT molecular complexity index is 362. The number of unbranched alkanes of at least 4 members (excludes halogenated alkanes) is 1. The second kappa shape index (κ2) is 6.03. The van der Waals surface area contributed by atoms with Crippen LogP contribution in [0.4, 0.5) is 4.79 Å². The molecular weight excluding hydrogens is 224 g/mol. The number of esters is 1. The van der Waals surface area contributed by atoms with Crippen LogP contribution in [0, 0.1) is 0 Å². The predicted octanol–water partition coefficient (Wildman–Crippen LogP) is 0.785. The quantitative estimate of drug-likeness (QED) is 0.438. The first kappa shape index (κ1) is 13.2. The van der Waals surface area contributed by atoms with Crippen LogP contribution >= 0.6 is 0 Å². The number of rotatable bonds is 5. The molecule has 0 aromatic heterocycles. The van der Waals surface area contributed by atoms with Gasteiger partial charge in [-0.05, 0) is 13.3 Å². The monoisotopic (exact) mass is 240 g/mol. The lowest BCUT2D eigenvalue weighted by Crippen LogP contribution is -2.31. The fourth-order valence-corrected chi connectivity index (χ4v) is 1.39. The average molecular weight is 240 g/mol. The number of hydrogen-bond acceptors (Lipinski definition) is 4. The molecule has 0 saturated carbocycles. The number of nitrogens with one attached hydrogen (secondary N) is 1. The molecule has 0 aromatic carbocycles. The van der Waals surface area contributed by atoms with Crippen molar-refractivity contribution in [3.63, 3.8) is 0 Å². The van der Waals surface area contributed by atoms with E-state index in [9.17, 15) is 14.4 Å². The van der Waals surface area contributed by atoms with Gasteiger partial charge in [0.25, 0.3) is 5.91 Å². The number of carbonyl (C=O) groups excluding carboxylic acids is 3. The van der Waals surface area contributed by atoms with Gasteiger partial charge in [0, 0.05) is 6.54 Å². The molecule has 1 fully saturated rings. The van der Waals surface area contributed by atoms with E-state index in [0.29, 0.717) is 6.54 Å². The summed E-state index contributed by atoms with van der Waals surface area (Å²) in [4.78, 5) is 35.4. The lowest BCUT2D eigenvalue weighted by molar-refractivity contribution is -0.137. The minimum Gasteiger partial charge on any atom is -0.463 e. The van der Waals surface area contributed by atoms with E-state index in [1.165, 1.54) is 0 Å². The van der Waals surface area contributed by atoms with E-state index in [1.54, 1.807) is 6.92 Å². The summed E-state index contributed by atoms with van der Waals surface area (Å²) < 4.78 is 4.67. The molecule has 0 spiro atoms. The number of ether oxygens (including phenoxy) is 1. The lowest BCUT2D eigenvalue weighted by atomic mass is 10.3. The number of carbonyl (C=O) groups is 3. The Morgan fingerprint density at radius 2 is 2.12 bits per heavy atom. The van der Waals surface area contributed by atoms with Gasteiger partial charge in [0.2, 0.25) is 0 Å². The molecule has 3 amide bonds. The van der Waals surface area contributed by atoms with Crippen LogP contribution in [0.1, 0.15) is 26.7 Å². The average Bonchev–Trinajstić information content (AvgIpc) is 2.52. The van der Waals surface area contributed by atoms with Gasteiger partial charge in [-0.25, -0.2) is 9.59 Å². The van der Waals surface area contributed by atoms with Gasteiger partial charge in [-0.1, -0.05) is 13.3 Å². The number of nitrogens with zero attached hydrogens (tertiary/aromatic N) is 1. The van der Waals surface area contributed by atoms with Crippen LogP contribution in [0.3, 0.4) is 0 Å². The number of urea groups is 1. The topological polar surface area (TPSA) is 75.7 Å². The molecule has 6 nitrogen and oxygen atoms in total. The van der Waals surface area contributed by atoms with Crippen LogP contribution in [0.25, 0.3) is 0 Å². The summed E-state index contributed by atoms with van der Waals surface area (Å²) in [6.07, 6.45) is 2.63. The molecule has 17 heavy (non-hydrogen) atoms. The van der Waals surface area contributed by atoms with Crippen molar-refractivity contribution in [2.75, 3.05) is 13.2 Å². The summed E-state index contributed by atoms with van der Waals surface area (Å²) in [5.41, 5.74) is -0.0236. The van der Waals surface area contributed by atoms with Gasteiger partial charge in [0.15, 0.2) is 0 Å². The van der Waals surface area contributed by atoms with E-state index in [-0.39, 0.29) is 12.3 Å². The summed E-state index contributed by atoms with van der Waals surface area (Å²) in [5.74, 6) is -1.11. The minimum atomic E-state index is -0.631. The third kappa shape index (κ3) is 3.30. The first-order chi connectivity index (χ1) is 8.10. The molecule has 0 aliphatic carbocycles. The normalized spacial score (nSPS) is 17.5. The molecule has 0 atom stereocenters. The van der Waals surface area contributed by atoms with Crippen LogP contribution < -0.4 is 5.32 Å². The van der Waals surface area contributed by atoms with Crippen molar-refractivity contribution in [1.29, 1.82) is 0 Å². The summed E-state index contributed by atoms with van der Waals surface area (Å²) in [6, 6.07) is -0.487. The standard InChI is InChI=1S/C11H16N2O4/c1-3-5-6-13-10(15)8(12-11(13)16)7-9(14)17-4-2/h7H,3-6H2,1-2H3,(H,12,16). The molecule has 1 rings (SSSR count). The molecule has 1 saturated heterocycles. The maximum atomic E-state index is 11.7. The van der Waals surface area contributed by atoms with E-state index in [2.05, 4.69) is 10.1 Å². The van der Waals surface area contributed by atoms with Gasteiger partial charge in [-0.15, -0.1) is 0 Å². The Morgan fingerprint density at radius 1 is 1.41 bits per heavy atom. The fourth-order valence-electron chi connectivity index (χ4n) is 1.39. The third-order valence-electron chi connectivity index (χ3n) is 2.25. The fraction of sp³-hybridized carbons (Fsp3) is 0.545. The van der Waals surface area contributed by atoms with Gasteiger partial charge in [0.1, 0.15) is 5.70 Å². The van der Waals surface area contributed by atoms with E-state index in [1.807, 2.05) is 6.92 Å². The number of hydrogen-bond donors (Lipinski definition) is 1. The van der Waals surface area contributed by atoms with Crippen LogP contribution in [0.5, 0.6) is 0 Å². The largest absolute Gasteiger partial charge is 0.463 e. The Hall–Kier alpha value is -1.85. The van der Waals surface area contributed by atoms with Gasteiger partial charge in [-0.2, -0.15) is 0 Å². The SMILES string of the molecule is CCCCN1C(=O)NC(=CC(=O)OCC)C1=O. The molecule has 0 aromatic rings. The summed E-state index contributed by atoms with van der Waals surface area (Å²) >= 11 is 0. The first-order valence-electron chi connectivity index (χ1n) is 5.61. The molecular formula is C11H16N2O4. The smallest absolute Gasteiger partial charge is 0.333 e. The van der Waals surface area contributed by atoms with Crippen LogP contribution in [0.15, 0.2) is 11.8 Å². The second-order valence-electron chi connectivity index (χ2n) is 3.55. The molecule has 1 aliphatic rings. The maximum absolute atomic E-state index is 11.7. The van der Waals surface area contributed by atoms with Crippen molar-refractivity contribution in [2.45, 2.75) is 26.7 Å². The highest BCUT2D eigenvalue weighted by molar-refractivity contribution is 6.13. The van der Waals surface area contributed by atoms with Crippen LogP contribution in [0.2, 0.25) is 0 Å². The Balaban J connectivity index is 2.70.